The molecule has 0 fully saturated rings. The molecule has 86 valence electrons. The summed E-state index contributed by atoms with van der Waals surface area (Å²) < 4.78 is 27.5. The molecule has 1 heterocycles. The average Bonchev–Trinajstić information content (AvgIpc) is 2.44. The molecule has 0 radical (unpaired) electrons. The van der Waals surface area contributed by atoms with Gasteiger partial charge in [-0.2, -0.15) is 0 Å². The van der Waals surface area contributed by atoms with Crippen LogP contribution in [-0.4, -0.2) is 31.5 Å². The second-order valence-electron chi connectivity index (χ2n) is 3.53. The Bertz CT molecular complexity index is 362. The maximum atomic E-state index is 11.1. The molecular weight excluding hydrogens is 234 g/mol. The van der Waals surface area contributed by atoms with E-state index in [1.807, 2.05) is 13.8 Å². The molecule has 4 nitrogen and oxygen atoms in total. The van der Waals surface area contributed by atoms with Gasteiger partial charge in [-0.1, -0.05) is 6.92 Å². The molecule has 0 aromatic carbocycles. The molecule has 2 unspecified atom stereocenters. The highest BCUT2D eigenvalue weighted by molar-refractivity contribution is 7.94. The van der Waals surface area contributed by atoms with Gasteiger partial charge < -0.3 is 10.1 Å². The van der Waals surface area contributed by atoms with Gasteiger partial charge in [0.1, 0.15) is 0 Å². The minimum absolute atomic E-state index is 0.0481. The van der Waals surface area contributed by atoms with Crippen LogP contribution in [0.15, 0.2) is 11.5 Å². The first kappa shape index (κ1) is 12.4. The van der Waals surface area contributed by atoms with Gasteiger partial charge in [0.15, 0.2) is 9.84 Å². The lowest BCUT2D eigenvalue weighted by Crippen LogP contribution is -2.37. The van der Waals surface area contributed by atoms with E-state index in [0.717, 1.165) is 6.42 Å². The molecule has 1 aliphatic heterocycles. The predicted octanol–water partition coefficient (Wildman–Crippen LogP) is 0.987. The van der Waals surface area contributed by atoms with E-state index in [9.17, 15) is 8.42 Å². The van der Waals surface area contributed by atoms with Gasteiger partial charge in [0, 0.05) is 5.41 Å². The van der Waals surface area contributed by atoms with Crippen molar-refractivity contribution in [3.8, 4) is 0 Å². The highest BCUT2D eigenvalue weighted by atomic mass is 32.2. The molecule has 0 aromatic rings. The second-order valence-corrected chi connectivity index (χ2v) is 5.84. The molecule has 1 rings (SSSR count). The predicted molar refractivity (Wildman–Crippen MR) is 63.3 cm³/mol. The molecule has 0 saturated carbocycles. The highest BCUT2D eigenvalue weighted by Crippen LogP contribution is 2.08. The molecule has 0 bridgehead atoms. The first-order valence-corrected chi connectivity index (χ1v) is 6.93. The molecule has 0 spiro atoms. The number of nitrogens with one attached hydrogen (secondary N) is 1. The summed E-state index contributed by atoms with van der Waals surface area (Å²) in [5.41, 5.74) is 0. The molecule has 0 aliphatic carbocycles. The summed E-state index contributed by atoms with van der Waals surface area (Å²) in [6.07, 6.45) is 2.49. The quantitative estimate of drug-likeness (QED) is 0.756. The summed E-state index contributed by atoms with van der Waals surface area (Å²) in [6.45, 7) is 3.91. The van der Waals surface area contributed by atoms with Crippen LogP contribution in [-0.2, 0) is 14.6 Å². The normalized spacial score (nSPS) is 24.8. The Hall–Kier alpha value is -0.620. The zero-order chi connectivity index (χ0) is 11.5. The van der Waals surface area contributed by atoms with Crippen LogP contribution in [0, 0.1) is 0 Å². The van der Waals surface area contributed by atoms with Gasteiger partial charge in [-0.3, -0.25) is 0 Å². The van der Waals surface area contributed by atoms with Gasteiger partial charge in [-0.25, -0.2) is 8.42 Å². The van der Waals surface area contributed by atoms with Crippen molar-refractivity contribution in [3.05, 3.63) is 11.5 Å². The van der Waals surface area contributed by atoms with E-state index in [4.69, 9.17) is 17.0 Å². The van der Waals surface area contributed by atoms with E-state index in [-0.39, 0.29) is 23.1 Å². The molecule has 0 amide bonds. The molecule has 0 aromatic heterocycles. The summed E-state index contributed by atoms with van der Waals surface area (Å²) in [5.74, 6) is 0.0526. The molecule has 6 heteroatoms. The average molecular weight is 249 g/mol. The van der Waals surface area contributed by atoms with E-state index in [1.54, 1.807) is 6.08 Å². The Morgan fingerprint density at radius 2 is 2.40 bits per heavy atom. The number of rotatable bonds is 3. The van der Waals surface area contributed by atoms with Crippen molar-refractivity contribution in [2.45, 2.75) is 32.4 Å². The second kappa shape index (κ2) is 4.94. The van der Waals surface area contributed by atoms with Crippen molar-refractivity contribution in [3.63, 3.8) is 0 Å². The van der Waals surface area contributed by atoms with Crippen LogP contribution in [0.3, 0.4) is 0 Å². The van der Waals surface area contributed by atoms with Crippen molar-refractivity contribution >= 4 is 27.2 Å². The van der Waals surface area contributed by atoms with E-state index in [2.05, 4.69) is 5.32 Å². The third kappa shape index (κ3) is 4.17. The topological polar surface area (TPSA) is 55.4 Å². The van der Waals surface area contributed by atoms with Crippen molar-refractivity contribution in [2.75, 3.05) is 5.75 Å². The van der Waals surface area contributed by atoms with Gasteiger partial charge in [0.05, 0.1) is 17.9 Å². The van der Waals surface area contributed by atoms with Crippen LogP contribution in [0.4, 0.5) is 0 Å². The Labute approximate surface area is 95.6 Å². The third-order valence-electron chi connectivity index (χ3n) is 2.12. The molecule has 0 saturated heterocycles. The lowest BCUT2D eigenvalue weighted by molar-refractivity contribution is 0.199. The van der Waals surface area contributed by atoms with Crippen molar-refractivity contribution in [1.29, 1.82) is 0 Å². The Kier molecular flexibility index (Phi) is 4.10. The van der Waals surface area contributed by atoms with Crippen molar-refractivity contribution in [2.24, 2.45) is 0 Å². The minimum atomic E-state index is -3.03. The standard InChI is InChI=1S/C9H15NO3S2/c1-3-7(2)13-9(14)10-8-4-5-15(11,12)6-8/h4-5,7-8H,3,6H2,1-2H3,(H,10,14). The fraction of sp³-hybridized carbons (Fsp3) is 0.667. The monoisotopic (exact) mass is 249 g/mol. The van der Waals surface area contributed by atoms with Crippen LogP contribution in [0.25, 0.3) is 0 Å². The van der Waals surface area contributed by atoms with Crippen LogP contribution in [0.2, 0.25) is 0 Å². The Morgan fingerprint density at radius 3 is 2.87 bits per heavy atom. The highest BCUT2D eigenvalue weighted by Gasteiger charge is 2.22. The zero-order valence-corrected chi connectivity index (χ0v) is 10.4. The van der Waals surface area contributed by atoms with Gasteiger partial charge in [-0.05, 0) is 31.6 Å². The van der Waals surface area contributed by atoms with Crippen LogP contribution in [0.1, 0.15) is 20.3 Å². The van der Waals surface area contributed by atoms with Gasteiger partial charge >= 0.3 is 0 Å². The largest absolute Gasteiger partial charge is 0.468 e. The summed E-state index contributed by atoms with van der Waals surface area (Å²) in [7, 11) is -3.03. The number of thiocarbonyl (C=S) groups is 1. The molecule has 1 aliphatic rings. The number of ether oxygens (including phenoxy) is 1. The summed E-state index contributed by atoms with van der Waals surface area (Å²) in [6, 6.07) is -0.258. The first-order chi connectivity index (χ1) is 6.93. The Balaban J connectivity index is 2.38. The van der Waals surface area contributed by atoms with Gasteiger partial charge in [-0.15, -0.1) is 0 Å². The maximum Gasteiger partial charge on any atom is 0.257 e. The number of hydrogen-bond acceptors (Lipinski definition) is 4. The number of hydrogen-bond donors (Lipinski definition) is 1. The van der Waals surface area contributed by atoms with E-state index < -0.39 is 9.84 Å². The third-order valence-corrected chi connectivity index (χ3v) is 3.73. The maximum absolute atomic E-state index is 11.1. The fourth-order valence-corrected chi connectivity index (χ4v) is 2.67. The minimum Gasteiger partial charge on any atom is -0.468 e. The SMILES string of the molecule is CCC(C)OC(=S)NC1C=CS(=O)(=O)C1. The van der Waals surface area contributed by atoms with Gasteiger partial charge in [0.2, 0.25) is 0 Å². The molecular formula is C9H15NO3S2. The summed E-state index contributed by atoms with van der Waals surface area (Å²) in [5, 5.41) is 4.31. The summed E-state index contributed by atoms with van der Waals surface area (Å²) in [4.78, 5) is 0. The van der Waals surface area contributed by atoms with Gasteiger partial charge in [0.25, 0.3) is 5.17 Å². The van der Waals surface area contributed by atoms with Crippen LogP contribution < -0.4 is 5.32 Å². The van der Waals surface area contributed by atoms with Crippen LogP contribution >= 0.6 is 12.2 Å². The molecule has 2 atom stereocenters. The molecule has 15 heavy (non-hydrogen) atoms. The van der Waals surface area contributed by atoms with E-state index in [1.165, 1.54) is 5.41 Å². The number of sulfone groups is 1. The lowest BCUT2D eigenvalue weighted by Gasteiger charge is -2.16. The summed E-state index contributed by atoms with van der Waals surface area (Å²) >= 11 is 4.95. The molecule has 1 N–H and O–H groups in total. The first-order valence-electron chi connectivity index (χ1n) is 4.81. The van der Waals surface area contributed by atoms with E-state index >= 15 is 0 Å². The van der Waals surface area contributed by atoms with Crippen molar-refractivity contribution in [1.82, 2.24) is 5.32 Å². The van der Waals surface area contributed by atoms with Crippen molar-refractivity contribution < 1.29 is 13.2 Å². The smallest absolute Gasteiger partial charge is 0.257 e. The fourth-order valence-electron chi connectivity index (χ4n) is 1.12. The lowest BCUT2D eigenvalue weighted by atomic mass is 10.3. The van der Waals surface area contributed by atoms with E-state index in [0.29, 0.717) is 0 Å². The zero-order valence-electron chi connectivity index (χ0n) is 8.76. The van der Waals surface area contributed by atoms with Crippen LogP contribution in [0.5, 0.6) is 0 Å². The Morgan fingerprint density at radius 1 is 1.73 bits per heavy atom.